The van der Waals surface area contributed by atoms with E-state index in [1.807, 2.05) is 0 Å². The van der Waals surface area contributed by atoms with Gasteiger partial charge in [0.1, 0.15) is 0 Å². The lowest BCUT2D eigenvalue weighted by atomic mass is 9.87. The maximum Gasteiger partial charge on any atom is -0.00174 e. The van der Waals surface area contributed by atoms with Crippen molar-refractivity contribution in [3.05, 3.63) is 0 Å². The van der Waals surface area contributed by atoms with Crippen molar-refractivity contribution in [3.63, 3.8) is 0 Å². The highest BCUT2D eigenvalue weighted by Crippen LogP contribution is 2.24. The Kier molecular flexibility index (Phi) is 3.20. The van der Waals surface area contributed by atoms with E-state index in [-0.39, 0.29) is 0 Å². The molecule has 60 valence electrons. The van der Waals surface area contributed by atoms with Crippen molar-refractivity contribution < 1.29 is 0 Å². The average molecular weight is 141 g/mol. The predicted octanol–water partition coefficient (Wildman–Crippen LogP) is 2.03. The monoisotopic (exact) mass is 141 g/mol. The Balaban J connectivity index is 2.29. The zero-order valence-electron chi connectivity index (χ0n) is 7.19. The maximum atomic E-state index is 3.42. The molecule has 0 radical (unpaired) electrons. The van der Waals surface area contributed by atoms with Crippen LogP contribution in [0.4, 0.5) is 0 Å². The van der Waals surface area contributed by atoms with E-state index >= 15 is 0 Å². The molecule has 1 aliphatic heterocycles. The highest BCUT2D eigenvalue weighted by molar-refractivity contribution is 4.76. The Morgan fingerprint density at radius 2 is 2.10 bits per heavy atom. The van der Waals surface area contributed by atoms with Crippen molar-refractivity contribution in [2.45, 2.75) is 33.1 Å². The van der Waals surface area contributed by atoms with E-state index in [1.165, 1.54) is 32.4 Å². The van der Waals surface area contributed by atoms with E-state index < -0.39 is 0 Å². The zero-order valence-corrected chi connectivity index (χ0v) is 7.19. The summed E-state index contributed by atoms with van der Waals surface area (Å²) in [6.45, 7) is 7.15. The lowest BCUT2D eigenvalue weighted by molar-refractivity contribution is 0.336. The van der Waals surface area contributed by atoms with Crippen molar-refractivity contribution in [2.24, 2.45) is 11.8 Å². The average Bonchev–Trinajstić information content (AvgIpc) is 2.43. The van der Waals surface area contributed by atoms with Gasteiger partial charge in [-0.2, -0.15) is 0 Å². The van der Waals surface area contributed by atoms with Crippen molar-refractivity contribution in [1.29, 1.82) is 0 Å². The van der Waals surface area contributed by atoms with Crippen LogP contribution in [0.1, 0.15) is 33.1 Å². The minimum absolute atomic E-state index is 0.981. The number of hydrogen-bond donors (Lipinski definition) is 1. The van der Waals surface area contributed by atoms with Crippen LogP contribution in [-0.4, -0.2) is 13.1 Å². The predicted molar refractivity (Wildman–Crippen MR) is 45.0 cm³/mol. The second-order valence-corrected chi connectivity index (χ2v) is 3.33. The van der Waals surface area contributed by atoms with Gasteiger partial charge in [-0.25, -0.2) is 0 Å². The molecular weight excluding hydrogens is 122 g/mol. The molecule has 0 unspecified atom stereocenters. The summed E-state index contributed by atoms with van der Waals surface area (Å²) in [5, 5.41) is 3.42. The first-order valence-corrected chi connectivity index (χ1v) is 4.59. The van der Waals surface area contributed by atoms with E-state index in [2.05, 4.69) is 19.2 Å². The van der Waals surface area contributed by atoms with E-state index in [0.29, 0.717) is 0 Å². The third-order valence-electron chi connectivity index (χ3n) is 2.81. The molecule has 1 aliphatic rings. The van der Waals surface area contributed by atoms with Crippen LogP contribution < -0.4 is 5.32 Å². The minimum atomic E-state index is 0.981. The summed E-state index contributed by atoms with van der Waals surface area (Å²) in [5.41, 5.74) is 0. The molecule has 0 aromatic heterocycles. The molecule has 1 heteroatoms. The Bertz CT molecular complexity index is 80.7. The van der Waals surface area contributed by atoms with E-state index in [1.54, 1.807) is 0 Å². The summed E-state index contributed by atoms with van der Waals surface area (Å²) < 4.78 is 0. The van der Waals surface area contributed by atoms with Crippen LogP contribution in [0.3, 0.4) is 0 Å². The molecule has 0 aromatic rings. The smallest absolute Gasteiger partial charge is 0.00174 e. The first kappa shape index (κ1) is 8.06. The van der Waals surface area contributed by atoms with Gasteiger partial charge in [-0.1, -0.05) is 26.7 Å². The van der Waals surface area contributed by atoms with Crippen LogP contribution >= 0.6 is 0 Å². The second kappa shape index (κ2) is 3.97. The Hall–Kier alpha value is -0.0400. The summed E-state index contributed by atoms with van der Waals surface area (Å²) in [4.78, 5) is 0. The molecule has 0 saturated carbocycles. The summed E-state index contributed by atoms with van der Waals surface area (Å²) in [6, 6.07) is 0. The van der Waals surface area contributed by atoms with Gasteiger partial charge in [0.2, 0.25) is 0 Å². The fraction of sp³-hybridized carbons (Fsp3) is 1.00. The van der Waals surface area contributed by atoms with Gasteiger partial charge in [0, 0.05) is 0 Å². The van der Waals surface area contributed by atoms with Crippen molar-refractivity contribution in [3.8, 4) is 0 Å². The maximum absolute atomic E-state index is 3.42. The molecule has 1 nitrogen and oxygen atoms in total. The lowest BCUT2D eigenvalue weighted by Crippen LogP contribution is -2.16. The second-order valence-electron chi connectivity index (χ2n) is 3.33. The first-order valence-electron chi connectivity index (χ1n) is 4.59. The molecule has 0 bridgehead atoms. The fourth-order valence-electron chi connectivity index (χ4n) is 2.03. The Labute approximate surface area is 64.2 Å². The molecule has 1 fully saturated rings. The van der Waals surface area contributed by atoms with Crippen molar-refractivity contribution in [1.82, 2.24) is 5.32 Å². The number of hydrogen-bond acceptors (Lipinski definition) is 1. The largest absolute Gasteiger partial charge is 0.316 e. The Morgan fingerprint density at radius 3 is 2.50 bits per heavy atom. The highest BCUT2D eigenvalue weighted by Gasteiger charge is 2.21. The van der Waals surface area contributed by atoms with Gasteiger partial charge >= 0.3 is 0 Å². The van der Waals surface area contributed by atoms with E-state index in [9.17, 15) is 0 Å². The van der Waals surface area contributed by atoms with E-state index in [4.69, 9.17) is 0 Å². The van der Waals surface area contributed by atoms with Crippen molar-refractivity contribution >= 4 is 0 Å². The summed E-state index contributed by atoms with van der Waals surface area (Å²) in [7, 11) is 0. The molecule has 1 N–H and O–H groups in total. The van der Waals surface area contributed by atoms with Gasteiger partial charge in [-0.3, -0.25) is 0 Å². The third kappa shape index (κ3) is 1.72. The molecule has 0 amide bonds. The molecule has 1 atom stereocenters. The van der Waals surface area contributed by atoms with Gasteiger partial charge in [-0.15, -0.1) is 0 Å². The van der Waals surface area contributed by atoms with E-state index in [0.717, 1.165) is 11.8 Å². The van der Waals surface area contributed by atoms with Gasteiger partial charge < -0.3 is 5.32 Å². The van der Waals surface area contributed by atoms with Crippen LogP contribution in [-0.2, 0) is 0 Å². The quantitative estimate of drug-likeness (QED) is 0.634. The molecular formula is C9H19N. The summed E-state index contributed by atoms with van der Waals surface area (Å²) >= 11 is 0. The molecule has 1 saturated heterocycles. The SMILES string of the molecule is CCC(CC)[C@H]1CCNC1. The van der Waals surface area contributed by atoms with Crippen LogP contribution in [0.15, 0.2) is 0 Å². The minimum Gasteiger partial charge on any atom is -0.316 e. The topological polar surface area (TPSA) is 12.0 Å². The lowest BCUT2D eigenvalue weighted by Gasteiger charge is -2.18. The first-order chi connectivity index (χ1) is 4.88. The van der Waals surface area contributed by atoms with Crippen molar-refractivity contribution in [2.75, 3.05) is 13.1 Å². The summed E-state index contributed by atoms with van der Waals surface area (Å²) in [6.07, 6.45) is 4.14. The molecule has 10 heavy (non-hydrogen) atoms. The molecule has 1 heterocycles. The third-order valence-corrected chi connectivity index (χ3v) is 2.81. The van der Waals surface area contributed by atoms with Gasteiger partial charge in [-0.05, 0) is 31.3 Å². The standard InChI is InChI=1S/C9H19N/c1-3-8(4-2)9-5-6-10-7-9/h8-10H,3-7H2,1-2H3/t9-/m0/s1. The summed E-state index contributed by atoms with van der Waals surface area (Å²) in [5.74, 6) is 1.96. The van der Waals surface area contributed by atoms with Crippen LogP contribution in [0.25, 0.3) is 0 Å². The fourth-order valence-corrected chi connectivity index (χ4v) is 2.03. The molecule has 1 rings (SSSR count). The molecule has 0 aliphatic carbocycles. The molecule has 0 aromatic carbocycles. The highest BCUT2D eigenvalue weighted by atomic mass is 14.9. The number of nitrogens with one attached hydrogen (secondary N) is 1. The Morgan fingerprint density at radius 1 is 1.40 bits per heavy atom. The van der Waals surface area contributed by atoms with Crippen LogP contribution in [0.2, 0.25) is 0 Å². The van der Waals surface area contributed by atoms with Gasteiger partial charge in [0.05, 0.1) is 0 Å². The number of rotatable bonds is 3. The van der Waals surface area contributed by atoms with Crippen LogP contribution in [0, 0.1) is 11.8 Å². The van der Waals surface area contributed by atoms with Crippen LogP contribution in [0.5, 0.6) is 0 Å². The molecule has 0 spiro atoms. The normalized spacial score (nSPS) is 26.1. The van der Waals surface area contributed by atoms with Gasteiger partial charge in [0.25, 0.3) is 0 Å². The zero-order chi connectivity index (χ0) is 7.40. The van der Waals surface area contributed by atoms with Gasteiger partial charge in [0.15, 0.2) is 0 Å².